The van der Waals surface area contributed by atoms with Crippen molar-refractivity contribution >= 4 is 12.4 Å². The van der Waals surface area contributed by atoms with Gasteiger partial charge in [0.2, 0.25) is 0 Å². The van der Waals surface area contributed by atoms with Crippen molar-refractivity contribution in [2.75, 3.05) is 0 Å². The van der Waals surface area contributed by atoms with E-state index in [1.165, 1.54) is 5.56 Å². The Morgan fingerprint density at radius 3 is 2.27 bits per heavy atom. The molecule has 0 aromatic heterocycles. The first kappa shape index (κ1) is 14.4. The molecule has 1 aromatic rings. The third-order valence-electron chi connectivity index (χ3n) is 2.46. The highest BCUT2D eigenvalue weighted by Crippen LogP contribution is 2.17. The first-order valence-electron chi connectivity index (χ1n) is 5.15. The zero-order valence-corrected chi connectivity index (χ0v) is 10.1. The molecular weight excluding hydrogens is 210 g/mol. The molecule has 0 aliphatic carbocycles. The monoisotopic (exact) mass is 229 g/mol. The minimum atomic E-state index is -0.428. The van der Waals surface area contributed by atoms with E-state index in [0.717, 1.165) is 18.4 Å². The van der Waals surface area contributed by atoms with Gasteiger partial charge in [0.25, 0.3) is 0 Å². The quantitative estimate of drug-likeness (QED) is 0.834. The van der Waals surface area contributed by atoms with Crippen LogP contribution < -0.4 is 5.73 Å². The van der Waals surface area contributed by atoms with Crippen molar-refractivity contribution in [3.63, 3.8) is 0 Å². The molecule has 2 atom stereocenters. The van der Waals surface area contributed by atoms with E-state index in [1.807, 2.05) is 38.1 Å². The van der Waals surface area contributed by atoms with E-state index in [9.17, 15) is 5.11 Å². The summed E-state index contributed by atoms with van der Waals surface area (Å²) in [4.78, 5) is 0. The van der Waals surface area contributed by atoms with Crippen LogP contribution >= 0.6 is 12.4 Å². The number of aliphatic hydroxyl groups is 1. The maximum Gasteiger partial charge on any atom is 0.0732 e. The molecule has 0 aliphatic rings. The molecule has 3 N–H and O–H groups in total. The van der Waals surface area contributed by atoms with Crippen LogP contribution in [0.1, 0.15) is 36.9 Å². The molecule has 15 heavy (non-hydrogen) atoms. The molecule has 1 rings (SSSR count). The highest BCUT2D eigenvalue weighted by molar-refractivity contribution is 5.85. The summed E-state index contributed by atoms with van der Waals surface area (Å²) in [5.74, 6) is 0. The van der Waals surface area contributed by atoms with Gasteiger partial charge in [0.1, 0.15) is 0 Å². The Labute approximate surface area is 97.9 Å². The fourth-order valence-corrected chi connectivity index (χ4v) is 1.49. The molecule has 1 aromatic carbocycles. The van der Waals surface area contributed by atoms with Gasteiger partial charge in [-0.25, -0.2) is 0 Å². The van der Waals surface area contributed by atoms with Gasteiger partial charge in [-0.2, -0.15) is 0 Å². The number of benzene rings is 1. The molecule has 0 heterocycles. The molecule has 0 saturated heterocycles. The van der Waals surface area contributed by atoms with Crippen LogP contribution in [0.4, 0.5) is 0 Å². The lowest BCUT2D eigenvalue weighted by Crippen LogP contribution is -2.25. The van der Waals surface area contributed by atoms with Crippen molar-refractivity contribution in [2.45, 2.75) is 38.8 Å². The van der Waals surface area contributed by atoms with Gasteiger partial charge >= 0.3 is 0 Å². The molecule has 2 nitrogen and oxygen atoms in total. The van der Waals surface area contributed by atoms with Crippen LogP contribution in [0.2, 0.25) is 0 Å². The maximum atomic E-state index is 9.72. The van der Waals surface area contributed by atoms with Crippen molar-refractivity contribution in [3.8, 4) is 0 Å². The first-order chi connectivity index (χ1) is 6.65. The number of aliphatic hydroxyl groups excluding tert-OH is 1. The summed E-state index contributed by atoms with van der Waals surface area (Å²) in [5, 5.41) is 9.72. The van der Waals surface area contributed by atoms with E-state index in [4.69, 9.17) is 5.73 Å². The van der Waals surface area contributed by atoms with Gasteiger partial charge in [-0.05, 0) is 18.9 Å². The molecule has 0 fully saturated rings. The molecule has 0 spiro atoms. The largest absolute Gasteiger partial charge is 0.391 e. The lowest BCUT2D eigenvalue weighted by Gasteiger charge is -2.18. The summed E-state index contributed by atoms with van der Waals surface area (Å²) in [6.45, 7) is 4.09. The predicted molar refractivity (Wildman–Crippen MR) is 66.3 cm³/mol. The number of aryl methyl sites for hydroxylation is 1. The number of hydrogen-bond donors (Lipinski definition) is 2. The van der Waals surface area contributed by atoms with Crippen LogP contribution in [0.25, 0.3) is 0 Å². The van der Waals surface area contributed by atoms with Crippen molar-refractivity contribution in [2.24, 2.45) is 5.73 Å². The average molecular weight is 230 g/mol. The van der Waals surface area contributed by atoms with Gasteiger partial charge < -0.3 is 10.8 Å². The Kier molecular flexibility index (Phi) is 6.57. The summed E-state index contributed by atoms with van der Waals surface area (Å²) < 4.78 is 0. The minimum absolute atomic E-state index is 0. The maximum absolute atomic E-state index is 9.72. The van der Waals surface area contributed by atoms with Gasteiger partial charge in [0.15, 0.2) is 0 Å². The van der Waals surface area contributed by atoms with Crippen LogP contribution in [0, 0.1) is 6.92 Å². The second kappa shape index (κ2) is 6.83. The van der Waals surface area contributed by atoms with Gasteiger partial charge in [0.05, 0.1) is 12.1 Å². The molecule has 0 bridgehead atoms. The van der Waals surface area contributed by atoms with Crippen molar-refractivity contribution < 1.29 is 5.11 Å². The summed E-state index contributed by atoms with van der Waals surface area (Å²) in [6, 6.07) is 7.76. The van der Waals surface area contributed by atoms with Crippen molar-refractivity contribution in [1.29, 1.82) is 0 Å². The standard InChI is InChI=1S/C12H19NO.ClH/c1-3-4-11(14)12(13)10-7-5-9(2)6-8-10;/h5-8,11-12,14H,3-4,13H2,1-2H3;1H/t11-,12+;/m0./s1. The van der Waals surface area contributed by atoms with E-state index >= 15 is 0 Å². The number of rotatable bonds is 4. The lowest BCUT2D eigenvalue weighted by atomic mass is 9.98. The van der Waals surface area contributed by atoms with E-state index in [-0.39, 0.29) is 18.4 Å². The Morgan fingerprint density at radius 2 is 1.80 bits per heavy atom. The average Bonchev–Trinajstić information content (AvgIpc) is 2.18. The van der Waals surface area contributed by atoms with Crippen LogP contribution in [-0.2, 0) is 0 Å². The van der Waals surface area contributed by atoms with Gasteiger partial charge in [-0.15, -0.1) is 12.4 Å². The number of hydrogen-bond acceptors (Lipinski definition) is 2. The van der Waals surface area contributed by atoms with Gasteiger partial charge in [0, 0.05) is 0 Å². The Hall–Kier alpha value is -0.570. The highest BCUT2D eigenvalue weighted by atomic mass is 35.5. The zero-order chi connectivity index (χ0) is 10.6. The smallest absolute Gasteiger partial charge is 0.0732 e. The van der Waals surface area contributed by atoms with E-state index in [1.54, 1.807) is 0 Å². The van der Waals surface area contributed by atoms with Gasteiger partial charge in [-0.1, -0.05) is 43.2 Å². The summed E-state index contributed by atoms with van der Waals surface area (Å²) in [6.07, 6.45) is 1.29. The van der Waals surface area contributed by atoms with Gasteiger partial charge in [-0.3, -0.25) is 0 Å². The fraction of sp³-hybridized carbons (Fsp3) is 0.500. The van der Waals surface area contributed by atoms with E-state index < -0.39 is 6.10 Å². The Balaban J connectivity index is 0.00000196. The van der Waals surface area contributed by atoms with Crippen molar-refractivity contribution in [1.82, 2.24) is 0 Å². The van der Waals surface area contributed by atoms with Crippen molar-refractivity contribution in [3.05, 3.63) is 35.4 Å². The Morgan fingerprint density at radius 1 is 1.27 bits per heavy atom. The normalized spacial score (nSPS) is 14.1. The highest BCUT2D eigenvalue weighted by Gasteiger charge is 2.15. The molecule has 0 aliphatic heterocycles. The zero-order valence-electron chi connectivity index (χ0n) is 9.31. The topological polar surface area (TPSA) is 46.2 Å². The SMILES string of the molecule is CCC[C@H](O)[C@H](N)c1ccc(C)cc1.Cl. The molecule has 3 heteroatoms. The molecule has 86 valence electrons. The van der Waals surface area contributed by atoms with Crippen LogP contribution in [0.5, 0.6) is 0 Å². The molecule has 0 radical (unpaired) electrons. The summed E-state index contributed by atoms with van der Waals surface area (Å²) >= 11 is 0. The summed E-state index contributed by atoms with van der Waals surface area (Å²) in [7, 11) is 0. The molecule has 0 amide bonds. The second-order valence-electron chi connectivity index (χ2n) is 3.79. The first-order valence-corrected chi connectivity index (χ1v) is 5.15. The fourth-order valence-electron chi connectivity index (χ4n) is 1.49. The predicted octanol–water partition coefficient (Wildman–Crippen LogP) is 2.58. The lowest BCUT2D eigenvalue weighted by molar-refractivity contribution is 0.134. The van der Waals surface area contributed by atoms with E-state index in [0.29, 0.717) is 0 Å². The number of halogens is 1. The third-order valence-corrected chi connectivity index (χ3v) is 2.46. The van der Waals surface area contributed by atoms with E-state index in [2.05, 4.69) is 0 Å². The van der Waals surface area contributed by atoms with Crippen LogP contribution in [-0.4, -0.2) is 11.2 Å². The second-order valence-corrected chi connectivity index (χ2v) is 3.79. The molecule has 0 saturated carbocycles. The van der Waals surface area contributed by atoms with Crippen LogP contribution in [0.3, 0.4) is 0 Å². The third kappa shape index (κ3) is 4.20. The van der Waals surface area contributed by atoms with Crippen LogP contribution in [0.15, 0.2) is 24.3 Å². The molecular formula is C12H20ClNO. The molecule has 0 unspecified atom stereocenters. The Bertz CT molecular complexity index is 273. The number of nitrogens with two attached hydrogens (primary N) is 1. The minimum Gasteiger partial charge on any atom is -0.391 e. The summed E-state index contributed by atoms with van der Waals surface area (Å²) in [5.41, 5.74) is 8.15.